The molecule has 9 nitrogen and oxygen atoms in total. The Morgan fingerprint density at radius 1 is 1.19 bits per heavy atom. The average Bonchev–Trinajstić information content (AvgIpc) is 3.61. The summed E-state index contributed by atoms with van der Waals surface area (Å²) in [5.74, 6) is 0.377. The summed E-state index contributed by atoms with van der Waals surface area (Å²) < 4.78 is 14.0. The van der Waals surface area contributed by atoms with Crippen molar-refractivity contribution in [3.8, 4) is 16.3 Å². The molecular formula is C26H31N5O4S. The van der Waals surface area contributed by atoms with Gasteiger partial charge in [0.25, 0.3) is 5.91 Å². The molecule has 2 aromatic heterocycles. The van der Waals surface area contributed by atoms with E-state index in [4.69, 9.17) is 15.2 Å². The van der Waals surface area contributed by atoms with Gasteiger partial charge in [-0.1, -0.05) is 30.3 Å². The Hall–Kier alpha value is -3.21. The average molecular weight is 510 g/mol. The summed E-state index contributed by atoms with van der Waals surface area (Å²) in [4.78, 5) is 30.7. The van der Waals surface area contributed by atoms with E-state index in [-0.39, 0.29) is 24.0 Å². The van der Waals surface area contributed by atoms with Crippen LogP contribution in [0.5, 0.6) is 5.75 Å². The predicted octanol–water partition coefficient (Wildman–Crippen LogP) is 2.52. The molecule has 190 valence electrons. The number of ether oxygens (including phenoxy) is 2. The van der Waals surface area contributed by atoms with Crippen LogP contribution in [0.4, 0.5) is 0 Å². The number of fused-ring (bicyclic) bond motifs is 5. The predicted molar refractivity (Wildman–Crippen MR) is 137 cm³/mol. The number of aryl methyl sites for hydroxylation is 1. The minimum absolute atomic E-state index is 0.113. The van der Waals surface area contributed by atoms with E-state index >= 15 is 0 Å². The van der Waals surface area contributed by atoms with E-state index < -0.39 is 6.04 Å². The Kier molecular flexibility index (Phi) is 7.08. The van der Waals surface area contributed by atoms with Gasteiger partial charge in [-0.2, -0.15) is 5.10 Å². The first-order chi connectivity index (χ1) is 17.4. The van der Waals surface area contributed by atoms with Crippen LogP contribution in [0.2, 0.25) is 0 Å². The molecule has 4 heterocycles. The van der Waals surface area contributed by atoms with Crippen molar-refractivity contribution in [2.24, 2.45) is 12.8 Å². The van der Waals surface area contributed by atoms with E-state index in [0.29, 0.717) is 56.3 Å². The highest BCUT2D eigenvalue weighted by atomic mass is 32.1. The first-order valence-corrected chi connectivity index (χ1v) is 13.0. The van der Waals surface area contributed by atoms with Crippen LogP contribution in [0.3, 0.4) is 0 Å². The Morgan fingerprint density at radius 3 is 2.81 bits per heavy atom. The van der Waals surface area contributed by atoms with Gasteiger partial charge in [0.1, 0.15) is 23.7 Å². The van der Waals surface area contributed by atoms with Crippen molar-refractivity contribution in [3.63, 3.8) is 0 Å². The van der Waals surface area contributed by atoms with Gasteiger partial charge in [-0.3, -0.25) is 14.3 Å². The van der Waals surface area contributed by atoms with Gasteiger partial charge in [0.15, 0.2) is 0 Å². The van der Waals surface area contributed by atoms with Crippen LogP contribution in [0.15, 0.2) is 47.8 Å². The van der Waals surface area contributed by atoms with Crippen molar-refractivity contribution in [2.75, 3.05) is 26.7 Å². The van der Waals surface area contributed by atoms with Crippen LogP contribution < -0.4 is 10.5 Å². The second-order valence-corrected chi connectivity index (χ2v) is 10.3. The van der Waals surface area contributed by atoms with Crippen LogP contribution in [0, 0.1) is 0 Å². The largest absolute Gasteiger partial charge is 0.490 e. The fraction of sp³-hybridized carbons (Fsp3) is 0.423. The highest BCUT2D eigenvalue weighted by molar-refractivity contribution is 7.14. The lowest BCUT2D eigenvalue weighted by Crippen LogP contribution is -2.49. The molecule has 0 saturated carbocycles. The molecule has 10 heteroatoms. The van der Waals surface area contributed by atoms with E-state index in [1.165, 1.54) is 11.3 Å². The van der Waals surface area contributed by atoms with E-state index in [0.717, 1.165) is 10.4 Å². The highest BCUT2D eigenvalue weighted by Crippen LogP contribution is 2.36. The molecule has 0 aliphatic carbocycles. The summed E-state index contributed by atoms with van der Waals surface area (Å²) in [6, 6.07) is 12.8. The van der Waals surface area contributed by atoms with Crippen molar-refractivity contribution in [1.82, 2.24) is 19.6 Å². The molecular weight excluding hydrogens is 478 g/mol. The smallest absolute Gasteiger partial charge is 0.271 e. The van der Waals surface area contributed by atoms with E-state index in [1.807, 2.05) is 41.8 Å². The molecule has 1 saturated heterocycles. The molecule has 2 amide bonds. The lowest BCUT2D eigenvalue weighted by Gasteiger charge is -2.28. The summed E-state index contributed by atoms with van der Waals surface area (Å²) in [5, 5.41) is 6.51. The minimum atomic E-state index is -0.723. The van der Waals surface area contributed by atoms with Crippen LogP contribution >= 0.6 is 11.3 Å². The Morgan fingerprint density at radius 2 is 2.00 bits per heavy atom. The molecule has 1 fully saturated rings. The third-order valence-electron chi connectivity index (χ3n) is 6.82. The van der Waals surface area contributed by atoms with Gasteiger partial charge in [-0.15, -0.1) is 11.3 Å². The first kappa shape index (κ1) is 24.5. The van der Waals surface area contributed by atoms with Crippen molar-refractivity contribution in [2.45, 2.75) is 37.6 Å². The maximum atomic E-state index is 13.4. The number of hydrogen-bond donors (Lipinski definition) is 1. The molecule has 2 aliphatic rings. The normalized spacial score (nSPS) is 23.0. The molecule has 3 aromatic rings. The number of hydrogen-bond acceptors (Lipinski definition) is 7. The molecule has 2 aliphatic heterocycles. The lowest BCUT2D eigenvalue weighted by molar-refractivity contribution is -0.134. The molecule has 0 unspecified atom stereocenters. The number of thiophene rings is 1. The molecule has 0 radical (unpaired) electrons. The van der Waals surface area contributed by atoms with Gasteiger partial charge in [-0.05, 0) is 35.9 Å². The third-order valence-corrected chi connectivity index (χ3v) is 7.74. The fourth-order valence-electron chi connectivity index (χ4n) is 4.74. The number of rotatable bonds is 3. The summed E-state index contributed by atoms with van der Waals surface area (Å²) in [6.45, 7) is 1.63. The molecule has 2 bridgehead atoms. The van der Waals surface area contributed by atoms with Gasteiger partial charge in [-0.25, -0.2) is 0 Å². The number of nitrogens with zero attached hydrogens (tertiary/aromatic N) is 4. The molecule has 36 heavy (non-hydrogen) atoms. The van der Waals surface area contributed by atoms with Crippen LogP contribution in [0.25, 0.3) is 10.6 Å². The van der Waals surface area contributed by atoms with Crippen molar-refractivity contribution in [1.29, 1.82) is 0 Å². The quantitative estimate of drug-likeness (QED) is 0.582. The van der Waals surface area contributed by atoms with E-state index in [2.05, 4.69) is 5.10 Å². The van der Waals surface area contributed by atoms with Crippen LogP contribution in [-0.4, -0.2) is 76.3 Å². The number of carbonyl (C=O) groups is 2. The van der Waals surface area contributed by atoms with Gasteiger partial charge >= 0.3 is 0 Å². The van der Waals surface area contributed by atoms with Gasteiger partial charge in [0.05, 0.1) is 29.7 Å². The highest BCUT2D eigenvalue weighted by Gasteiger charge is 2.38. The number of amides is 2. The number of nitrogens with two attached hydrogens (primary N) is 1. The molecule has 1 aromatic carbocycles. The number of aromatic nitrogens is 2. The Bertz CT molecular complexity index is 1230. The standard InChI is InChI=1S/C26H31N5O4S/c1-29-10-8-20(27)25(32)31-14-19(34-15-17-6-4-3-5-7-17)12-18(31)16-35-23-9-11-36-24(23)21-13-22(26(29)33)30(2)28-21/h3-7,9,11,13,18-20H,8,10,12,14-16,27H2,1-2H3/t18-,19-,20-/m0/s1. The fourth-order valence-corrected chi connectivity index (χ4v) is 5.53. The van der Waals surface area contributed by atoms with Crippen LogP contribution in [0.1, 0.15) is 28.9 Å². The SMILES string of the molecule is CN1CC[C@H](N)C(=O)N2C[C@@H](OCc3ccccc3)C[C@H]2COc2ccsc2-c2cc(n(C)n2)C1=O. The summed E-state index contributed by atoms with van der Waals surface area (Å²) in [5.41, 5.74) is 8.59. The number of carbonyl (C=O) groups excluding carboxylic acids is 2. The zero-order chi connectivity index (χ0) is 25.2. The van der Waals surface area contributed by atoms with Crippen molar-refractivity contribution < 1.29 is 19.1 Å². The summed E-state index contributed by atoms with van der Waals surface area (Å²) in [6.07, 6.45) is 0.911. The number of benzene rings is 1. The molecule has 3 atom stereocenters. The maximum Gasteiger partial charge on any atom is 0.271 e. The molecule has 2 N–H and O–H groups in total. The maximum absolute atomic E-state index is 13.4. The van der Waals surface area contributed by atoms with Crippen LogP contribution in [-0.2, 0) is 23.2 Å². The lowest BCUT2D eigenvalue weighted by atomic mass is 10.1. The second kappa shape index (κ2) is 10.4. The Labute approximate surface area is 214 Å². The van der Waals surface area contributed by atoms with Gasteiger partial charge < -0.3 is 25.0 Å². The van der Waals surface area contributed by atoms with Crippen molar-refractivity contribution >= 4 is 23.2 Å². The van der Waals surface area contributed by atoms with Gasteiger partial charge in [0, 0.05) is 27.2 Å². The summed E-state index contributed by atoms with van der Waals surface area (Å²) >= 11 is 1.51. The van der Waals surface area contributed by atoms with Gasteiger partial charge in [0.2, 0.25) is 5.91 Å². The Balaban J connectivity index is 1.39. The van der Waals surface area contributed by atoms with Crippen molar-refractivity contribution in [3.05, 3.63) is 59.1 Å². The topological polar surface area (TPSA) is 103 Å². The molecule has 0 spiro atoms. The zero-order valence-corrected chi connectivity index (χ0v) is 21.3. The minimum Gasteiger partial charge on any atom is -0.490 e. The first-order valence-electron chi connectivity index (χ1n) is 12.1. The second-order valence-electron chi connectivity index (χ2n) is 9.38. The monoisotopic (exact) mass is 509 g/mol. The summed E-state index contributed by atoms with van der Waals surface area (Å²) in [7, 11) is 3.47. The zero-order valence-electron chi connectivity index (χ0n) is 20.5. The molecule has 5 rings (SSSR count). The van der Waals surface area contributed by atoms with E-state index in [9.17, 15) is 9.59 Å². The third kappa shape index (κ3) is 5.02. The van der Waals surface area contributed by atoms with E-state index in [1.54, 1.807) is 34.6 Å².